The van der Waals surface area contributed by atoms with Crippen LogP contribution in [0.25, 0.3) is 0 Å². The third-order valence-electron chi connectivity index (χ3n) is 2.41. The molecule has 0 radical (unpaired) electrons. The van der Waals surface area contributed by atoms with Crippen LogP contribution in [0.15, 0.2) is 6.07 Å². The van der Waals surface area contributed by atoms with Gasteiger partial charge in [-0.25, -0.2) is 4.68 Å². The molecule has 0 amide bonds. The molecule has 0 bridgehead atoms. The molecule has 0 aromatic carbocycles. The summed E-state index contributed by atoms with van der Waals surface area (Å²) in [4.78, 5) is 0. The molecule has 0 unspecified atom stereocenters. The van der Waals surface area contributed by atoms with E-state index in [1.165, 1.54) is 12.8 Å². The second kappa shape index (κ2) is 3.61. The Kier molecular flexibility index (Phi) is 2.46. The summed E-state index contributed by atoms with van der Waals surface area (Å²) in [5.74, 6) is 1.11. The standard InChI is InChI=1S/C10H18N4/c1-7(2)14-10(12-8-3-4-8)5-9(6-11)13-14/h5,7-8,12H,3-4,6,11H2,1-2H3. The van der Waals surface area contributed by atoms with Gasteiger partial charge in [0.1, 0.15) is 5.82 Å². The van der Waals surface area contributed by atoms with Crippen molar-refractivity contribution in [2.24, 2.45) is 5.73 Å². The van der Waals surface area contributed by atoms with E-state index in [0.717, 1.165) is 11.5 Å². The third kappa shape index (κ3) is 1.90. The van der Waals surface area contributed by atoms with Gasteiger partial charge < -0.3 is 11.1 Å². The molecule has 1 aliphatic rings. The number of anilines is 1. The average molecular weight is 194 g/mol. The summed E-state index contributed by atoms with van der Waals surface area (Å²) >= 11 is 0. The number of nitrogens with zero attached hydrogens (tertiary/aromatic N) is 2. The Morgan fingerprint density at radius 3 is 2.86 bits per heavy atom. The molecule has 0 atom stereocenters. The zero-order valence-electron chi connectivity index (χ0n) is 8.83. The predicted octanol–water partition coefficient (Wildman–Crippen LogP) is 1.50. The number of aromatic nitrogens is 2. The molecule has 1 saturated carbocycles. The molecule has 1 aromatic rings. The minimum absolute atomic E-state index is 0.386. The minimum Gasteiger partial charge on any atom is -0.368 e. The quantitative estimate of drug-likeness (QED) is 0.763. The summed E-state index contributed by atoms with van der Waals surface area (Å²) in [6.45, 7) is 4.77. The minimum atomic E-state index is 0.386. The Labute approximate surface area is 84.5 Å². The van der Waals surface area contributed by atoms with Crippen molar-refractivity contribution in [1.82, 2.24) is 9.78 Å². The zero-order chi connectivity index (χ0) is 10.1. The lowest BCUT2D eigenvalue weighted by atomic mass is 10.4. The summed E-state index contributed by atoms with van der Waals surface area (Å²) in [6, 6.07) is 3.10. The first-order valence-electron chi connectivity index (χ1n) is 5.25. The molecule has 4 heteroatoms. The molecule has 1 aromatic heterocycles. The van der Waals surface area contributed by atoms with E-state index >= 15 is 0 Å². The molecule has 3 N–H and O–H groups in total. The van der Waals surface area contributed by atoms with Gasteiger partial charge >= 0.3 is 0 Å². The summed E-state index contributed by atoms with van der Waals surface area (Å²) in [6.07, 6.45) is 2.56. The highest BCUT2D eigenvalue weighted by Crippen LogP contribution is 2.26. The van der Waals surface area contributed by atoms with E-state index in [2.05, 4.69) is 30.3 Å². The molecular weight excluding hydrogens is 176 g/mol. The van der Waals surface area contributed by atoms with E-state index in [1.807, 2.05) is 4.68 Å². The van der Waals surface area contributed by atoms with Gasteiger partial charge in [0.2, 0.25) is 0 Å². The average Bonchev–Trinajstić information content (AvgIpc) is 2.83. The fraction of sp³-hybridized carbons (Fsp3) is 0.700. The number of hydrogen-bond acceptors (Lipinski definition) is 3. The molecular formula is C10H18N4. The largest absolute Gasteiger partial charge is 0.368 e. The van der Waals surface area contributed by atoms with Crippen LogP contribution in [0.4, 0.5) is 5.82 Å². The topological polar surface area (TPSA) is 55.9 Å². The van der Waals surface area contributed by atoms with Gasteiger partial charge in [0.25, 0.3) is 0 Å². The highest BCUT2D eigenvalue weighted by Gasteiger charge is 2.23. The van der Waals surface area contributed by atoms with Crippen LogP contribution in [0.5, 0.6) is 0 Å². The smallest absolute Gasteiger partial charge is 0.125 e. The first-order valence-corrected chi connectivity index (χ1v) is 5.25. The van der Waals surface area contributed by atoms with E-state index in [-0.39, 0.29) is 0 Å². The highest BCUT2D eigenvalue weighted by molar-refractivity contribution is 5.40. The highest BCUT2D eigenvalue weighted by atomic mass is 15.3. The summed E-state index contributed by atoms with van der Waals surface area (Å²) in [5.41, 5.74) is 6.54. The molecule has 0 saturated heterocycles. The van der Waals surface area contributed by atoms with Crippen molar-refractivity contribution in [3.8, 4) is 0 Å². The summed E-state index contributed by atoms with van der Waals surface area (Å²) in [5, 5.41) is 7.90. The van der Waals surface area contributed by atoms with Gasteiger partial charge in [0.15, 0.2) is 0 Å². The molecule has 78 valence electrons. The van der Waals surface area contributed by atoms with Crippen LogP contribution in [-0.4, -0.2) is 15.8 Å². The lowest BCUT2D eigenvalue weighted by Crippen LogP contribution is -2.11. The van der Waals surface area contributed by atoms with E-state index in [4.69, 9.17) is 5.73 Å². The van der Waals surface area contributed by atoms with Crippen molar-refractivity contribution in [2.75, 3.05) is 5.32 Å². The van der Waals surface area contributed by atoms with Gasteiger partial charge in [-0.1, -0.05) is 0 Å². The second-order valence-electron chi connectivity index (χ2n) is 4.18. The van der Waals surface area contributed by atoms with Crippen molar-refractivity contribution < 1.29 is 0 Å². The number of hydrogen-bond donors (Lipinski definition) is 2. The van der Waals surface area contributed by atoms with Crippen LogP contribution in [0, 0.1) is 0 Å². The van der Waals surface area contributed by atoms with Gasteiger partial charge in [0.05, 0.1) is 5.69 Å². The Morgan fingerprint density at radius 2 is 2.36 bits per heavy atom. The molecule has 14 heavy (non-hydrogen) atoms. The lowest BCUT2D eigenvalue weighted by Gasteiger charge is -2.11. The van der Waals surface area contributed by atoms with Gasteiger partial charge in [-0.2, -0.15) is 5.10 Å². The monoisotopic (exact) mass is 194 g/mol. The molecule has 0 aliphatic heterocycles. The van der Waals surface area contributed by atoms with Gasteiger partial charge in [-0.05, 0) is 26.7 Å². The Balaban J connectivity index is 2.20. The predicted molar refractivity (Wildman–Crippen MR) is 57.1 cm³/mol. The van der Waals surface area contributed by atoms with Gasteiger partial charge in [-0.3, -0.25) is 0 Å². The Morgan fingerprint density at radius 1 is 1.64 bits per heavy atom. The lowest BCUT2D eigenvalue weighted by molar-refractivity contribution is 0.531. The van der Waals surface area contributed by atoms with Crippen LogP contribution in [0.2, 0.25) is 0 Å². The maximum absolute atomic E-state index is 5.58. The third-order valence-corrected chi connectivity index (χ3v) is 2.41. The summed E-state index contributed by atoms with van der Waals surface area (Å²) < 4.78 is 2.01. The maximum Gasteiger partial charge on any atom is 0.125 e. The Bertz CT molecular complexity index is 312. The van der Waals surface area contributed by atoms with Crippen molar-refractivity contribution >= 4 is 5.82 Å². The number of nitrogens with one attached hydrogen (secondary N) is 1. The molecule has 0 spiro atoms. The fourth-order valence-electron chi connectivity index (χ4n) is 1.48. The van der Waals surface area contributed by atoms with Crippen LogP contribution in [-0.2, 0) is 6.54 Å². The first-order chi connectivity index (χ1) is 6.70. The van der Waals surface area contributed by atoms with Crippen LogP contribution < -0.4 is 11.1 Å². The van der Waals surface area contributed by atoms with Crippen molar-refractivity contribution in [3.05, 3.63) is 11.8 Å². The zero-order valence-corrected chi connectivity index (χ0v) is 8.83. The molecule has 1 aliphatic carbocycles. The van der Waals surface area contributed by atoms with Gasteiger partial charge in [0, 0.05) is 24.7 Å². The van der Waals surface area contributed by atoms with Crippen LogP contribution in [0.3, 0.4) is 0 Å². The Hall–Kier alpha value is -1.03. The normalized spacial score (nSPS) is 16.3. The molecule has 1 heterocycles. The SMILES string of the molecule is CC(C)n1nc(CN)cc1NC1CC1. The van der Waals surface area contributed by atoms with E-state index in [1.54, 1.807) is 0 Å². The second-order valence-corrected chi connectivity index (χ2v) is 4.18. The van der Waals surface area contributed by atoms with E-state index in [0.29, 0.717) is 18.6 Å². The molecule has 4 nitrogen and oxygen atoms in total. The van der Waals surface area contributed by atoms with Crippen molar-refractivity contribution in [1.29, 1.82) is 0 Å². The first kappa shape index (κ1) is 9.52. The number of nitrogens with two attached hydrogens (primary N) is 1. The van der Waals surface area contributed by atoms with Crippen LogP contribution in [0.1, 0.15) is 38.4 Å². The fourth-order valence-corrected chi connectivity index (χ4v) is 1.48. The van der Waals surface area contributed by atoms with E-state index in [9.17, 15) is 0 Å². The number of rotatable bonds is 4. The van der Waals surface area contributed by atoms with Gasteiger partial charge in [-0.15, -0.1) is 0 Å². The van der Waals surface area contributed by atoms with Crippen molar-refractivity contribution in [3.63, 3.8) is 0 Å². The van der Waals surface area contributed by atoms with Crippen LogP contribution >= 0.6 is 0 Å². The molecule has 1 fully saturated rings. The van der Waals surface area contributed by atoms with E-state index < -0.39 is 0 Å². The molecule has 2 rings (SSSR count). The van der Waals surface area contributed by atoms with Crippen molar-refractivity contribution in [2.45, 2.75) is 45.3 Å². The summed E-state index contributed by atoms with van der Waals surface area (Å²) in [7, 11) is 0. The maximum atomic E-state index is 5.58.